The molecular weight excluding hydrogens is 452 g/mol. The van der Waals surface area contributed by atoms with Crippen LogP contribution in [0, 0.1) is 0 Å². The monoisotopic (exact) mass is 468 g/mol. The third-order valence-electron chi connectivity index (χ3n) is 4.30. The molecule has 0 aliphatic carbocycles. The van der Waals surface area contributed by atoms with Crippen LogP contribution in [0.4, 0.5) is 5.69 Å². The number of carbonyl (C=O) groups is 2. The lowest BCUT2D eigenvalue weighted by molar-refractivity contribution is -0.118. The van der Waals surface area contributed by atoms with E-state index in [0.717, 1.165) is 20.1 Å². The maximum absolute atomic E-state index is 12.3. The lowest BCUT2D eigenvalue weighted by atomic mass is 10.2. The number of nitrogens with zero attached hydrogens (tertiary/aromatic N) is 2. The van der Waals surface area contributed by atoms with Crippen molar-refractivity contribution in [2.75, 3.05) is 11.1 Å². The van der Waals surface area contributed by atoms with Crippen molar-refractivity contribution in [2.24, 2.45) is 0 Å². The van der Waals surface area contributed by atoms with E-state index in [1.165, 1.54) is 23.1 Å². The van der Waals surface area contributed by atoms with E-state index in [4.69, 9.17) is 11.6 Å². The number of amides is 2. The molecule has 4 rings (SSSR count). The number of halogens is 1. The molecule has 0 saturated heterocycles. The van der Waals surface area contributed by atoms with Gasteiger partial charge < -0.3 is 10.6 Å². The van der Waals surface area contributed by atoms with E-state index >= 15 is 0 Å². The zero-order valence-corrected chi connectivity index (χ0v) is 18.6. The largest absolute Gasteiger partial charge is 0.351 e. The Morgan fingerprint density at radius 3 is 2.58 bits per heavy atom. The number of anilines is 1. The molecule has 0 spiro atoms. The predicted molar refractivity (Wildman–Crippen MR) is 126 cm³/mol. The summed E-state index contributed by atoms with van der Waals surface area (Å²) in [5.74, 6) is 0.0155. The number of thioether (sulfide) groups is 1. The molecular formula is C22H17ClN4O2S2. The van der Waals surface area contributed by atoms with Crippen LogP contribution in [0.15, 0.2) is 71.3 Å². The van der Waals surface area contributed by atoms with Gasteiger partial charge in [0.05, 0.1) is 16.0 Å². The number of rotatable bonds is 7. The summed E-state index contributed by atoms with van der Waals surface area (Å²) in [5.41, 5.74) is 3.05. The van der Waals surface area contributed by atoms with Gasteiger partial charge in [0, 0.05) is 35.2 Å². The number of carbonyl (C=O) groups excluding carboxylic acids is 2. The van der Waals surface area contributed by atoms with Crippen LogP contribution in [0.2, 0.25) is 5.02 Å². The van der Waals surface area contributed by atoms with Crippen LogP contribution < -0.4 is 10.6 Å². The first-order chi connectivity index (χ1) is 15.1. The van der Waals surface area contributed by atoms with E-state index in [1.807, 2.05) is 30.3 Å². The summed E-state index contributed by atoms with van der Waals surface area (Å²) in [4.78, 5) is 32.9. The number of pyridine rings is 1. The highest BCUT2D eigenvalue weighted by atomic mass is 35.5. The van der Waals surface area contributed by atoms with Gasteiger partial charge in [-0.3, -0.25) is 14.6 Å². The van der Waals surface area contributed by atoms with Gasteiger partial charge in [-0.1, -0.05) is 35.5 Å². The molecule has 156 valence electrons. The number of hydrogen-bond donors (Lipinski definition) is 2. The van der Waals surface area contributed by atoms with Gasteiger partial charge in [-0.05, 0) is 48.0 Å². The fraction of sp³-hybridized carbons (Fsp3) is 0.0909. The fourth-order valence-electron chi connectivity index (χ4n) is 2.73. The molecule has 6 nitrogen and oxygen atoms in total. The van der Waals surface area contributed by atoms with E-state index in [2.05, 4.69) is 20.6 Å². The molecule has 0 aliphatic heterocycles. The number of benzene rings is 2. The van der Waals surface area contributed by atoms with Crippen molar-refractivity contribution in [3.63, 3.8) is 0 Å². The van der Waals surface area contributed by atoms with Gasteiger partial charge in [-0.25, -0.2) is 4.98 Å². The Balaban J connectivity index is 1.33. The Hall–Kier alpha value is -2.94. The van der Waals surface area contributed by atoms with E-state index < -0.39 is 0 Å². The maximum Gasteiger partial charge on any atom is 0.255 e. The van der Waals surface area contributed by atoms with Crippen molar-refractivity contribution in [1.82, 2.24) is 15.3 Å². The summed E-state index contributed by atoms with van der Waals surface area (Å²) >= 11 is 8.75. The molecule has 2 aromatic heterocycles. The SMILES string of the molecule is O=C(CSc1nc2ccc(NC(=O)c3ccncc3)cc2s1)NCc1ccc(Cl)cc1. The summed E-state index contributed by atoms with van der Waals surface area (Å²) in [7, 11) is 0. The molecule has 2 heterocycles. The molecule has 0 radical (unpaired) electrons. The minimum Gasteiger partial charge on any atom is -0.351 e. The quantitative estimate of drug-likeness (QED) is 0.373. The third kappa shape index (κ3) is 5.81. The molecule has 2 N–H and O–H groups in total. The fourth-order valence-corrected chi connectivity index (χ4v) is 4.79. The van der Waals surface area contributed by atoms with Gasteiger partial charge in [0.25, 0.3) is 5.91 Å². The lowest BCUT2D eigenvalue weighted by Crippen LogP contribution is -2.24. The lowest BCUT2D eigenvalue weighted by Gasteiger charge is -2.04. The van der Waals surface area contributed by atoms with E-state index in [9.17, 15) is 9.59 Å². The summed E-state index contributed by atoms with van der Waals surface area (Å²) in [6.45, 7) is 0.455. The second kappa shape index (κ2) is 9.91. The number of fused-ring (bicyclic) bond motifs is 1. The van der Waals surface area contributed by atoms with Crippen LogP contribution >= 0.6 is 34.7 Å². The molecule has 0 saturated carbocycles. The number of aromatic nitrogens is 2. The van der Waals surface area contributed by atoms with Crippen LogP contribution in [-0.2, 0) is 11.3 Å². The molecule has 2 aromatic carbocycles. The highest BCUT2D eigenvalue weighted by Gasteiger charge is 2.10. The predicted octanol–water partition coefficient (Wildman–Crippen LogP) is 5.01. The Kier molecular flexibility index (Phi) is 6.81. The van der Waals surface area contributed by atoms with Gasteiger partial charge in [0.2, 0.25) is 5.91 Å². The Labute approximate surface area is 192 Å². The van der Waals surface area contributed by atoms with Gasteiger partial charge in [-0.2, -0.15) is 0 Å². The first-order valence-corrected chi connectivity index (χ1v) is 11.5. The number of thiazole rings is 1. The van der Waals surface area contributed by atoms with Gasteiger partial charge >= 0.3 is 0 Å². The normalized spacial score (nSPS) is 10.7. The maximum atomic E-state index is 12.3. The summed E-state index contributed by atoms with van der Waals surface area (Å²) < 4.78 is 1.74. The second-order valence-corrected chi connectivity index (χ2v) is 9.23. The molecule has 31 heavy (non-hydrogen) atoms. The smallest absolute Gasteiger partial charge is 0.255 e. The number of nitrogens with one attached hydrogen (secondary N) is 2. The molecule has 2 amide bonds. The Morgan fingerprint density at radius 1 is 1.03 bits per heavy atom. The highest BCUT2D eigenvalue weighted by molar-refractivity contribution is 8.01. The minimum atomic E-state index is -0.196. The van der Waals surface area contributed by atoms with Gasteiger partial charge in [0.15, 0.2) is 4.34 Å². The van der Waals surface area contributed by atoms with Crippen molar-refractivity contribution in [2.45, 2.75) is 10.9 Å². The molecule has 0 atom stereocenters. The van der Waals surface area contributed by atoms with Crippen LogP contribution in [0.25, 0.3) is 10.2 Å². The molecule has 4 aromatic rings. The van der Waals surface area contributed by atoms with E-state index in [0.29, 0.717) is 22.8 Å². The minimum absolute atomic E-state index is 0.0653. The zero-order valence-electron chi connectivity index (χ0n) is 16.2. The second-order valence-electron chi connectivity index (χ2n) is 6.54. The Morgan fingerprint density at radius 2 is 1.81 bits per heavy atom. The first kappa shape index (κ1) is 21.3. The molecule has 0 bridgehead atoms. The standard InChI is InChI=1S/C22H17ClN4O2S2/c23-16-3-1-14(2-4-16)12-25-20(28)13-30-22-27-18-6-5-17(11-19(18)31-22)26-21(29)15-7-9-24-10-8-15/h1-11H,12-13H2,(H,25,28)(H,26,29). The summed E-state index contributed by atoms with van der Waals surface area (Å²) in [6, 6.07) is 16.2. The number of hydrogen-bond acceptors (Lipinski definition) is 6. The van der Waals surface area contributed by atoms with Crippen molar-refractivity contribution >= 4 is 62.4 Å². The van der Waals surface area contributed by atoms with E-state index in [-0.39, 0.29) is 17.6 Å². The van der Waals surface area contributed by atoms with Crippen LogP contribution in [0.3, 0.4) is 0 Å². The average Bonchev–Trinajstić information content (AvgIpc) is 3.20. The van der Waals surface area contributed by atoms with Gasteiger partial charge in [-0.15, -0.1) is 11.3 Å². The van der Waals surface area contributed by atoms with Crippen LogP contribution in [0.1, 0.15) is 15.9 Å². The molecule has 9 heteroatoms. The first-order valence-electron chi connectivity index (χ1n) is 9.33. The van der Waals surface area contributed by atoms with E-state index in [1.54, 1.807) is 36.7 Å². The molecule has 0 aliphatic rings. The third-order valence-corrected chi connectivity index (χ3v) is 6.71. The molecule has 0 unspecified atom stereocenters. The van der Waals surface area contributed by atoms with Crippen LogP contribution in [0.5, 0.6) is 0 Å². The van der Waals surface area contributed by atoms with Crippen molar-refractivity contribution < 1.29 is 9.59 Å². The zero-order chi connectivity index (χ0) is 21.6. The van der Waals surface area contributed by atoms with Gasteiger partial charge in [0.1, 0.15) is 0 Å². The topological polar surface area (TPSA) is 84.0 Å². The molecule has 0 fully saturated rings. The summed E-state index contributed by atoms with van der Waals surface area (Å²) in [5, 5.41) is 6.44. The van der Waals surface area contributed by atoms with Crippen molar-refractivity contribution in [3.05, 3.63) is 83.1 Å². The average molecular weight is 469 g/mol. The summed E-state index contributed by atoms with van der Waals surface area (Å²) in [6.07, 6.45) is 3.16. The van der Waals surface area contributed by atoms with Crippen molar-refractivity contribution in [1.29, 1.82) is 0 Å². The van der Waals surface area contributed by atoms with Crippen molar-refractivity contribution in [3.8, 4) is 0 Å². The Bertz CT molecular complexity index is 1210. The highest BCUT2D eigenvalue weighted by Crippen LogP contribution is 2.31. The van der Waals surface area contributed by atoms with Crippen LogP contribution in [-0.4, -0.2) is 27.5 Å².